The third-order valence-corrected chi connectivity index (χ3v) is 6.56. The summed E-state index contributed by atoms with van der Waals surface area (Å²) >= 11 is 0. The van der Waals surface area contributed by atoms with Crippen molar-refractivity contribution in [3.63, 3.8) is 0 Å². The molecule has 0 bridgehead atoms. The second-order valence-electron chi connectivity index (χ2n) is 9.07. The minimum Gasteiger partial charge on any atom is -0.352 e. The average molecular weight is 419 g/mol. The van der Waals surface area contributed by atoms with Crippen LogP contribution in [0.25, 0.3) is 0 Å². The summed E-state index contributed by atoms with van der Waals surface area (Å²) in [5, 5.41) is 3.08. The van der Waals surface area contributed by atoms with Crippen LogP contribution in [0.1, 0.15) is 111 Å². The lowest BCUT2D eigenvalue weighted by Gasteiger charge is -2.12. The quantitative estimate of drug-likeness (QED) is 0.314. The molecule has 0 saturated heterocycles. The Balaban J connectivity index is 1.28. The highest BCUT2D eigenvalue weighted by atomic mass is 16.1. The van der Waals surface area contributed by atoms with Crippen molar-refractivity contribution in [2.24, 2.45) is 0 Å². The monoisotopic (exact) mass is 418 g/mol. The van der Waals surface area contributed by atoms with Crippen molar-refractivity contribution in [1.29, 1.82) is 0 Å². The number of nitrogens with one attached hydrogen (secondary N) is 1. The molecule has 0 aromatic heterocycles. The van der Waals surface area contributed by atoms with Crippen LogP contribution in [0.2, 0.25) is 0 Å². The summed E-state index contributed by atoms with van der Waals surface area (Å²) in [5.74, 6) is 0.543. The van der Waals surface area contributed by atoms with Gasteiger partial charge in [0.1, 0.15) is 0 Å². The van der Waals surface area contributed by atoms with Crippen molar-refractivity contribution in [2.45, 2.75) is 89.9 Å². The summed E-state index contributed by atoms with van der Waals surface area (Å²) in [6.07, 6.45) is 17.9. The number of hydrogen-bond donors (Lipinski definition) is 1. The van der Waals surface area contributed by atoms with E-state index in [4.69, 9.17) is 0 Å². The third-order valence-electron chi connectivity index (χ3n) is 6.56. The molecule has 0 aliphatic heterocycles. The maximum Gasteiger partial charge on any atom is 0.251 e. The molecule has 1 amide bonds. The fourth-order valence-electron chi connectivity index (χ4n) is 4.66. The van der Waals surface area contributed by atoms with E-state index in [1.807, 2.05) is 12.1 Å². The summed E-state index contributed by atoms with van der Waals surface area (Å²) in [7, 11) is 0. The smallest absolute Gasteiger partial charge is 0.251 e. The van der Waals surface area contributed by atoms with Crippen molar-refractivity contribution < 1.29 is 4.79 Å². The lowest BCUT2D eigenvalue weighted by Crippen LogP contribution is -2.24. The first-order valence-corrected chi connectivity index (χ1v) is 12.6. The molecule has 2 nitrogen and oxygen atoms in total. The Morgan fingerprint density at radius 3 is 2.23 bits per heavy atom. The second kappa shape index (κ2) is 13.3. The van der Waals surface area contributed by atoms with E-state index in [0.717, 1.165) is 24.9 Å². The van der Waals surface area contributed by atoms with E-state index >= 15 is 0 Å². The highest BCUT2D eigenvalue weighted by molar-refractivity contribution is 5.94. The summed E-state index contributed by atoms with van der Waals surface area (Å²) in [6.45, 7) is 3.05. The third kappa shape index (κ3) is 7.83. The molecule has 167 valence electrons. The number of benzene rings is 2. The molecule has 31 heavy (non-hydrogen) atoms. The standard InChI is InChI=1S/C29H40NO/c1-2-3-4-5-6-7-8-9-10-13-22-30-29(31)26-18-16-24(17-19-26)23-27-21-20-25-14-11-12-15-28(25)27/h11-12,14-19,23,27H,2-10,13,20-22H2,1H3,(H,30,31). The lowest BCUT2D eigenvalue weighted by molar-refractivity contribution is 0.0953. The minimum atomic E-state index is 0.0497. The Labute approximate surface area is 189 Å². The van der Waals surface area contributed by atoms with Crippen LogP contribution in [-0.4, -0.2) is 12.5 Å². The van der Waals surface area contributed by atoms with E-state index in [1.165, 1.54) is 80.9 Å². The molecule has 0 fully saturated rings. The van der Waals surface area contributed by atoms with Crippen molar-refractivity contribution in [2.75, 3.05) is 6.54 Å². The van der Waals surface area contributed by atoms with Gasteiger partial charge in [-0.2, -0.15) is 0 Å². The molecular weight excluding hydrogens is 378 g/mol. The van der Waals surface area contributed by atoms with Gasteiger partial charge in [0.2, 0.25) is 0 Å². The molecule has 0 spiro atoms. The molecule has 2 heteroatoms. The molecule has 1 radical (unpaired) electrons. The van der Waals surface area contributed by atoms with E-state index in [9.17, 15) is 4.79 Å². The highest BCUT2D eigenvalue weighted by Crippen LogP contribution is 2.36. The molecule has 2 aromatic carbocycles. The Kier molecular flexibility index (Phi) is 10.2. The van der Waals surface area contributed by atoms with Crippen molar-refractivity contribution in [3.05, 3.63) is 77.2 Å². The topological polar surface area (TPSA) is 29.1 Å². The molecule has 1 aliphatic rings. The summed E-state index contributed by atoms with van der Waals surface area (Å²) in [6, 6.07) is 16.8. The first kappa shape index (κ1) is 23.6. The Bertz CT molecular complexity index is 780. The van der Waals surface area contributed by atoms with Crippen LogP contribution in [0, 0.1) is 6.42 Å². The van der Waals surface area contributed by atoms with E-state index in [-0.39, 0.29) is 5.91 Å². The maximum absolute atomic E-state index is 12.4. The Hall–Kier alpha value is -2.09. The van der Waals surface area contributed by atoms with Crippen molar-refractivity contribution in [3.8, 4) is 0 Å². The fraction of sp³-hybridized carbons (Fsp3) is 0.517. The van der Waals surface area contributed by atoms with Crippen LogP contribution in [0.3, 0.4) is 0 Å². The number of carbonyl (C=O) groups is 1. The van der Waals surface area contributed by atoms with Crippen molar-refractivity contribution in [1.82, 2.24) is 5.32 Å². The van der Waals surface area contributed by atoms with E-state index in [2.05, 4.69) is 55.1 Å². The number of rotatable bonds is 14. The van der Waals surface area contributed by atoms with Gasteiger partial charge in [-0.25, -0.2) is 0 Å². The molecule has 2 aromatic rings. The lowest BCUT2D eigenvalue weighted by atomic mass is 9.93. The molecule has 0 saturated carbocycles. The van der Waals surface area contributed by atoms with Gasteiger partial charge in [-0.1, -0.05) is 101 Å². The summed E-state index contributed by atoms with van der Waals surface area (Å²) in [5.41, 5.74) is 4.90. The number of aryl methyl sites for hydroxylation is 1. The fourth-order valence-corrected chi connectivity index (χ4v) is 4.66. The van der Waals surface area contributed by atoms with Crippen LogP contribution in [0.15, 0.2) is 48.5 Å². The number of hydrogen-bond acceptors (Lipinski definition) is 1. The van der Waals surface area contributed by atoms with Crippen LogP contribution in [0.5, 0.6) is 0 Å². The van der Waals surface area contributed by atoms with Gasteiger partial charge >= 0.3 is 0 Å². The number of fused-ring (bicyclic) bond motifs is 1. The largest absolute Gasteiger partial charge is 0.352 e. The van der Waals surface area contributed by atoms with Gasteiger partial charge in [0.15, 0.2) is 0 Å². The summed E-state index contributed by atoms with van der Waals surface area (Å²) in [4.78, 5) is 12.4. The zero-order valence-electron chi connectivity index (χ0n) is 19.4. The normalized spacial score (nSPS) is 15.1. The first-order chi connectivity index (χ1) is 15.3. The van der Waals surface area contributed by atoms with E-state index in [0.29, 0.717) is 5.92 Å². The molecule has 0 heterocycles. The van der Waals surface area contributed by atoms with Gasteiger partial charge in [0, 0.05) is 12.1 Å². The molecule has 1 aliphatic carbocycles. The number of carbonyl (C=O) groups excluding carboxylic acids is 1. The Morgan fingerprint density at radius 2 is 1.52 bits per heavy atom. The van der Waals surface area contributed by atoms with Gasteiger partial charge in [-0.05, 0) is 60.4 Å². The second-order valence-corrected chi connectivity index (χ2v) is 9.07. The predicted octanol–water partition coefficient (Wildman–Crippen LogP) is 7.62. The molecule has 1 N–H and O–H groups in total. The minimum absolute atomic E-state index is 0.0497. The highest BCUT2D eigenvalue weighted by Gasteiger charge is 2.22. The number of amides is 1. The average Bonchev–Trinajstić information content (AvgIpc) is 3.20. The van der Waals surface area contributed by atoms with Crippen LogP contribution in [0.4, 0.5) is 0 Å². The van der Waals surface area contributed by atoms with Crippen LogP contribution < -0.4 is 5.32 Å². The van der Waals surface area contributed by atoms with Crippen LogP contribution in [-0.2, 0) is 6.42 Å². The summed E-state index contributed by atoms with van der Waals surface area (Å²) < 4.78 is 0. The first-order valence-electron chi connectivity index (χ1n) is 12.6. The van der Waals surface area contributed by atoms with Crippen LogP contribution >= 0.6 is 0 Å². The molecule has 1 unspecified atom stereocenters. The zero-order valence-corrected chi connectivity index (χ0v) is 19.4. The van der Waals surface area contributed by atoms with Gasteiger partial charge in [-0.15, -0.1) is 0 Å². The number of unbranched alkanes of at least 4 members (excludes halogenated alkanes) is 9. The van der Waals surface area contributed by atoms with E-state index < -0.39 is 0 Å². The maximum atomic E-state index is 12.4. The van der Waals surface area contributed by atoms with Gasteiger partial charge in [0.05, 0.1) is 0 Å². The van der Waals surface area contributed by atoms with Crippen molar-refractivity contribution >= 4 is 5.91 Å². The van der Waals surface area contributed by atoms with E-state index in [1.54, 1.807) is 0 Å². The van der Waals surface area contributed by atoms with Gasteiger partial charge in [-0.3, -0.25) is 4.79 Å². The van der Waals surface area contributed by atoms with Gasteiger partial charge < -0.3 is 5.32 Å². The molecule has 3 rings (SSSR count). The van der Waals surface area contributed by atoms with Gasteiger partial charge in [0.25, 0.3) is 5.91 Å². The zero-order chi connectivity index (χ0) is 21.7. The SMILES string of the molecule is CCCCCCCCCCCCNC(=O)c1ccc([CH]C2CCc3ccccc32)cc1. The predicted molar refractivity (Wildman–Crippen MR) is 132 cm³/mol. The molecule has 1 atom stereocenters. The Morgan fingerprint density at radius 1 is 0.871 bits per heavy atom. The molecular formula is C29H40NO.